The zero-order chi connectivity index (χ0) is 17.8. The molecule has 2 heterocycles. The van der Waals surface area contributed by atoms with Crippen LogP contribution in [0.15, 0.2) is 18.2 Å². The van der Waals surface area contributed by atoms with Crippen molar-refractivity contribution in [1.29, 1.82) is 0 Å². The van der Waals surface area contributed by atoms with Crippen LogP contribution in [0.25, 0.3) is 0 Å². The van der Waals surface area contributed by atoms with Gasteiger partial charge in [-0.15, -0.1) is 0 Å². The van der Waals surface area contributed by atoms with E-state index >= 15 is 0 Å². The van der Waals surface area contributed by atoms with Gasteiger partial charge in [-0.2, -0.15) is 0 Å². The summed E-state index contributed by atoms with van der Waals surface area (Å²) in [4.78, 5) is 17.0. The Morgan fingerprint density at radius 2 is 2.08 bits per heavy atom. The molecule has 0 radical (unpaired) electrons. The first-order chi connectivity index (χ1) is 12.1. The average Bonchev–Trinajstić information content (AvgIpc) is 3.24. The number of rotatable bonds is 6. The normalized spacial score (nSPS) is 24.0. The molecule has 0 aromatic heterocycles. The number of ether oxygens (including phenoxy) is 1. The van der Waals surface area contributed by atoms with Gasteiger partial charge in [0.1, 0.15) is 5.75 Å². The molecule has 0 unspecified atom stereocenters. The molecule has 2 fully saturated rings. The Morgan fingerprint density at radius 1 is 1.32 bits per heavy atom. The summed E-state index contributed by atoms with van der Waals surface area (Å²) < 4.78 is 5.71. The predicted molar refractivity (Wildman–Crippen MR) is 97.1 cm³/mol. The monoisotopic (exact) mass is 367 g/mol. The summed E-state index contributed by atoms with van der Waals surface area (Å²) in [5.41, 5.74) is 5.98. The fourth-order valence-electron chi connectivity index (χ4n) is 3.60. The number of β-amino-alcohol motifs (C(OH)–C–C–N with tert-alkyl or cyclic N) is 1. The van der Waals surface area contributed by atoms with E-state index in [1.165, 1.54) is 0 Å². The number of carbonyl (C=O) groups excluding carboxylic acids is 1. The van der Waals surface area contributed by atoms with Crippen LogP contribution in [0.3, 0.4) is 0 Å². The lowest BCUT2D eigenvalue weighted by Crippen LogP contribution is -2.41. The SMILES string of the molecule is NCCCOc1cc(Cl)ccc1C(=O)N1C[C@H](O)[C@@H](N2CCCC2)C1. The van der Waals surface area contributed by atoms with Gasteiger partial charge in [0, 0.05) is 18.1 Å². The highest BCUT2D eigenvalue weighted by Gasteiger charge is 2.39. The first-order valence-electron chi connectivity index (χ1n) is 8.94. The lowest BCUT2D eigenvalue weighted by Gasteiger charge is -2.25. The summed E-state index contributed by atoms with van der Waals surface area (Å²) in [6.07, 6.45) is 2.52. The van der Waals surface area contributed by atoms with Crippen molar-refractivity contribution in [2.45, 2.75) is 31.4 Å². The van der Waals surface area contributed by atoms with Gasteiger partial charge in [0.2, 0.25) is 0 Å². The lowest BCUT2D eigenvalue weighted by molar-refractivity contribution is 0.0759. The van der Waals surface area contributed by atoms with Crippen LogP contribution in [-0.4, -0.2) is 72.3 Å². The van der Waals surface area contributed by atoms with E-state index in [-0.39, 0.29) is 11.9 Å². The molecule has 25 heavy (non-hydrogen) atoms. The van der Waals surface area contributed by atoms with Crippen molar-refractivity contribution in [2.75, 3.05) is 39.3 Å². The van der Waals surface area contributed by atoms with E-state index in [1.54, 1.807) is 23.1 Å². The minimum atomic E-state index is -0.504. The molecule has 0 saturated carbocycles. The standard InChI is InChI=1S/C18H26ClN3O3/c19-13-4-5-14(17(10-13)25-9-3-6-20)18(24)22-11-15(16(23)12-22)21-7-1-2-8-21/h4-5,10,15-16,23H,1-3,6-9,11-12,20H2/t15-,16-/m0/s1. The zero-order valence-electron chi connectivity index (χ0n) is 14.4. The lowest BCUT2D eigenvalue weighted by atomic mass is 10.1. The van der Waals surface area contributed by atoms with E-state index in [4.69, 9.17) is 22.1 Å². The molecule has 3 N–H and O–H groups in total. The number of nitrogens with two attached hydrogens (primary N) is 1. The van der Waals surface area contributed by atoms with Crippen LogP contribution >= 0.6 is 11.6 Å². The summed E-state index contributed by atoms with van der Waals surface area (Å²) in [6, 6.07) is 5.07. The van der Waals surface area contributed by atoms with Gasteiger partial charge in [0.05, 0.1) is 24.3 Å². The fourth-order valence-corrected chi connectivity index (χ4v) is 3.76. The summed E-state index contributed by atoms with van der Waals surface area (Å²) in [7, 11) is 0. The van der Waals surface area contributed by atoms with E-state index in [0.717, 1.165) is 25.9 Å². The number of carbonyl (C=O) groups is 1. The van der Waals surface area contributed by atoms with Crippen LogP contribution in [0.2, 0.25) is 5.02 Å². The Labute approximate surface area is 153 Å². The van der Waals surface area contributed by atoms with Crippen molar-refractivity contribution < 1.29 is 14.6 Å². The van der Waals surface area contributed by atoms with Gasteiger partial charge in [-0.05, 0) is 57.1 Å². The number of aliphatic hydroxyl groups is 1. The van der Waals surface area contributed by atoms with Crippen molar-refractivity contribution >= 4 is 17.5 Å². The van der Waals surface area contributed by atoms with Gasteiger partial charge in [0.25, 0.3) is 5.91 Å². The second-order valence-corrected chi connectivity index (χ2v) is 7.16. The Balaban J connectivity index is 1.72. The molecule has 6 nitrogen and oxygen atoms in total. The summed E-state index contributed by atoms with van der Waals surface area (Å²) in [6.45, 7) is 3.86. The van der Waals surface area contributed by atoms with Crippen molar-refractivity contribution in [3.05, 3.63) is 28.8 Å². The van der Waals surface area contributed by atoms with Crippen LogP contribution in [-0.2, 0) is 0 Å². The fraction of sp³-hybridized carbons (Fsp3) is 0.611. The number of hydrogen-bond acceptors (Lipinski definition) is 5. The van der Waals surface area contributed by atoms with Crippen molar-refractivity contribution in [3.63, 3.8) is 0 Å². The maximum atomic E-state index is 13.0. The number of nitrogens with zero attached hydrogens (tertiary/aromatic N) is 2. The maximum Gasteiger partial charge on any atom is 0.257 e. The molecule has 1 aromatic carbocycles. The summed E-state index contributed by atoms with van der Waals surface area (Å²) in [5, 5.41) is 10.9. The molecular weight excluding hydrogens is 342 g/mol. The Bertz CT molecular complexity index is 607. The van der Waals surface area contributed by atoms with Crippen molar-refractivity contribution in [3.8, 4) is 5.75 Å². The summed E-state index contributed by atoms with van der Waals surface area (Å²) in [5.74, 6) is 0.352. The molecule has 3 rings (SSSR count). The molecule has 0 spiro atoms. The van der Waals surface area contributed by atoms with Crippen LogP contribution in [0.4, 0.5) is 0 Å². The molecule has 2 saturated heterocycles. The second kappa shape index (κ2) is 8.36. The molecule has 2 aliphatic heterocycles. The Kier molecular flexibility index (Phi) is 6.17. The molecule has 2 atom stereocenters. The van der Waals surface area contributed by atoms with E-state index in [9.17, 15) is 9.90 Å². The smallest absolute Gasteiger partial charge is 0.257 e. The first kappa shape index (κ1) is 18.5. The average molecular weight is 368 g/mol. The van der Waals surface area contributed by atoms with Crippen LogP contribution < -0.4 is 10.5 Å². The van der Waals surface area contributed by atoms with E-state index in [1.807, 2.05) is 0 Å². The number of hydrogen-bond donors (Lipinski definition) is 2. The topological polar surface area (TPSA) is 79.0 Å². The highest BCUT2D eigenvalue weighted by molar-refractivity contribution is 6.30. The zero-order valence-corrected chi connectivity index (χ0v) is 15.1. The minimum absolute atomic E-state index is 0.0281. The third-order valence-corrected chi connectivity index (χ3v) is 5.17. The third-order valence-electron chi connectivity index (χ3n) is 4.94. The molecule has 1 aromatic rings. The van der Waals surface area contributed by atoms with Gasteiger partial charge in [-0.1, -0.05) is 11.6 Å². The van der Waals surface area contributed by atoms with E-state index < -0.39 is 6.10 Å². The van der Waals surface area contributed by atoms with Gasteiger partial charge < -0.3 is 20.5 Å². The number of amides is 1. The maximum absolute atomic E-state index is 13.0. The van der Waals surface area contributed by atoms with Crippen LogP contribution in [0, 0.1) is 0 Å². The number of benzene rings is 1. The molecular formula is C18H26ClN3O3. The third kappa shape index (κ3) is 4.26. The quantitative estimate of drug-likeness (QED) is 0.742. The van der Waals surface area contributed by atoms with E-state index in [0.29, 0.717) is 49.0 Å². The molecule has 0 aliphatic carbocycles. The second-order valence-electron chi connectivity index (χ2n) is 6.72. The molecule has 7 heteroatoms. The van der Waals surface area contributed by atoms with Crippen LogP contribution in [0.5, 0.6) is 5.75 Å². The van der Waals surface area contributed by atoms with Gasteiger partial charge in [-0.3, -0.25) is 9.69 Å². The largest absolute Gasteiger partial charge is 0.493 e. The van der Waals surface area contributed by atoms with E-state index in [2.05, 4.69) is 4.90 Å². The molecule has 0 bridgehead atoms. The van der Waals surface area contributed by atoms with Crippen molar-refractivity contribution in [2.24, 2.45) is 5.73 Å². The minimum Gasteiger partial charge on any atom is -0.493 e. The highest BCUT2D eigenvalue weighted by Crippen LogP contribution is 2.28. The van der Waals surface area contributed by atoms with Gasteiger partial charge in [-0.25, -0.2) is 0 Å². The van der Waals surface area contributed by atoms with Crippen LogP contribution in [0.1, 0.15) is 29.6 Å². The number of likely N-dealkylation sites (tertiary alicyclic amines) is 2. The van der Waals surface area contributed by atoms with Gasteiger partial charge >= 0.3 is 0 Å². The van der Waals surface area contributed by atoms with Crippen molar-refractivity contribution in [1.82, 2.24) is 9.80 Å². The predicted octanol–water partition coefficient (Wildman–Crippen LogP) is 1.35. The van der Waals surface area contributed by atoms with Gasteiger partial charge in [0.15, 0.2) is 0 Å². The summed E-state index contributed by atoms with van der Waals surface area (Å²) >= 11 is 6.05. The number of halogens is 1. The molecule has 1 amide bonds. The molecule has 138 valence electrons. The Morgan fingerprint density at radius 3 is 2.80 bits per heavy atom. The molecule has 2 aliphatic rings. The highest BCUT2D eigenvalue weighted by atomic mass is 35.5. The number of aliphatic hydroxyl groups excluding tert-OH is 1. The first-order valence-corrected chi connectivity index (χ1v) is 9.31. The Hall–Kier alpha value is -1.34.